The maximum atomic E-state index is 12.9. The molecule has 0 aromatic carbocycles. The number of pyridine rings is 1. The summed E-state index contributed by atoms with van der Waals surface area (Å²) in [5, 5.41) is 0. The smallest absolute Gasteiger partial charge is 0.220 e. The highest BCUT2D eigenvalue weighted by molar-refractivity contribution is 5.49. The largest absolute Gasteiger partial charge is 0.327 e. The highest BCUT2D eigenvalue weighted by atomic mass is 19.1. The third-order valence-corrected chi connectivity index (χ3v) is 1.44. The predicted molar refractivity (Wildman–Crippen MR) is 47.0 cm³/mol. The van der Waals surface area contributed by atoms with E-state index in [0.717, 1.165) is 5.56 Å². The van der Waals surface area contributed by atoms with Crippen LogP contribution in [0.3, 0.4) is 0 Å². The number of hydrogen-bond donors (Lipinski definition) is 1. The molecule has 0 fully saturated rings. The monoisotopic (exact) mass is 166 g/mol. The molecular weight excluding hydrogens is 155 g/mol. The lowest BCUT2D eigenvalue weighted by molar-refractivity contribution is 0.580. The standard InChI is InChI=1S/C9H11FN2/c1-7-5-8(3-2-4-11)9(10)12-6-7/h2-3,5-6H,4,11H2,1H3. The molecule has 1 heterocycles. The Hall–Kier alpha value is -1.22. The molecule has 0 aliphatic heterocycles. The van der Waals surface area contributed by atoms with E-state index >= 15 is 0 Å². The molecule has 64 valence electrons. The average Bonchev–Trinajstić information content (AvgIpc) is 2.07. The van der Waals surface area contributed by atoms with Gasteiger partial charge in [-0.05, 0) is 18.6 Å². The molecule has 0 saturated heterocycles. The number of aromatic nitrogens is 1. The van der Waals surface area contributed by atoms with Crippen molar-refractivity contribution in [3.8, 4) is 0 Å². The lowest BCUT2D eigenvalue weighted by atomic mass is 10.2. The van der Waals surface area contributed by atoms with Crippen LogP contribution in [-0.2, 0) is 0 Å². The highest BCUT2D eigenvalue weighted by Crippen LogP contribution is 2.08. The molecule has 1 aromatic heterocycles. The van der Waals surface area contributed by atoms with Crippen molar-refractivity contribution in [1.82, 2.24) is 4.98 Å². The fraction of sp³-hybridized carbons (Fsp3) is 0.222. The van der Waals surface area contributed by atoms with Crippen LogP contribution in [0.1, 0.15) is 11.1 Å². The zero-order chi connectivity index (χ0) is 8.97. The van der Waals surface area contributed by atoms with Crippen molar-refractivity contribution in [1.29, 1.82) is 0 Å². The highest BCUT2D eigenvalue weighted by Gasteiger charge is 1.98. The number of nitrogens with zero attached hydrogens (tertiary/aromatic N) is 1. The van der Waals surface area contributed by atoms with Gasteiger partial charge in [0.1, 0.15) is 0 Å². The van der Waals surface area contributed by atoms with Crippen molar-refractivity contribution in [3.63, 3.8) is 0 Å². The van der Waals surface area contributed by atoms with Crippen molar-refractivity contribution in [2.75, 3.05) is 6.54 Å². The summed E-state index contributed by atoms with van der Waals surface area (Å²) >= 11 is 0. The molecule has 3 heteroatoms. The first-order valence-electron chi connectivity index (χ1n) is 3.73. The van der Waals surface area contributed by atoms with Gasteiger partial charge in [-0.2, -0.15) is 4.39 Å². The minimum absolute atomic E-state index is 0.410. The Morgan fingerprint density at radius 3 is 3.08 bits per heavy atom. The third-order valence-electron chi connectivity index (χ3n) is 1.44. The zero-order valence-corrected chi connectivity index (χ0v) is 6.92. The van der Waals surface area contributed by atoms with E-state index in [1.54, 1.807) is 18.2 Å². The molecule has 12 heavy (non-hydrogen) atoms. The summed E-state index contributed by atoms with van der Waals surface area (Å²) in [7, 11) is 0. The Morgan fingerprint density at radius 2 is 2.42 bits per heavy atom. The number of hydrogen-bond acceptors (Lipinski definition) is 2. The van der Waals surface area contributed by atoms with Crippen LogP contribution < -0.4 is 5.73 Å². The Bertz CT molecular complexity index is 295. The minimum Gasteiger partial charge on any atom is -0.327 e. The first kappa shape index (κ1) is 8.87. The van der Waals surface area contributed by atoms with Crippen molar-refractivity contribution >= 4 is 6.08 Å². The Morgan fingerprint density at radius 1 is 1.67 bits per heavy atom. The van der Waals surface area contributed by atoms with Crippen molar-refractivity contribution in [2.24, 2.45) is 5.73 Å². The van der Waals surface area contributed by atoms with Crippen LogP contribution in [0.25, 0.3) is 6.08 Å². The second-order valence-electron chi connectivity index (χ2n) is 2.53. The van der Waals surface area contributed by atoms with Crippen LogP contribution in [0.4, 0.5) is 4.39 Å². The molecule has 0 bridgehead atoms. The summed E-state index contributed by atoms with van der Waals surface area (Å²) < 4.78 is 12.9. The van der Waals surface area contributed by atoms with Gasteiger partial charge in [0.05, 0.1) is 0 Å². The van der Waals surface area contributed by atoms with Crippen LogP contribution >= 0.6 is 0 Å². The van der Waals surface area contributed by atoms with Crippen molar-refractivity contribution < 1.29 is 4.39 Å². The molecule has 0 aliphatic carbocycles. The molecule has 0 atom stereocenters. The third kappa shape index (κ3) is 2.13. The summed E-state index contributed by atoms with van der Waals surface area (Å²) in [6.07, 6.45) is 4.82. The van der Waals surface area contributed by atoms with Crippen LogP contribution in [0.15, 0.2) is 18.3 Å². The molecule has 2 nitrogen and oxygen atoms in total. The van der Waals surface area contributed by atoms with E-state index in [1.807, 2.05) is 6.92 Å². The number of halogens is 1. The van der Waals surface area contributed by atoms with E-state index in [1.165, 1.54) is 6.20 Å². The molecule has 0 unspecified atom stereocenters. The van der Waals surface area contributed by atoms with Gasteiger partial charge in [-0.3, -0.25) is 0 Å². The summed E-state index contributed by atoms with van der Waals surface area (Å²) in [6.45, 7) is 2.28. The van der Waals surface area contributed by atoms with E-state index in [2.05, 4.69) is 4.98 Å². The fourth-order valence-corrected chi connectivity index (χ4v) is 0.887. The zero-order valence-electron chi connectivity index (χ0n) is 6.92. The van der Waals surface area contributed by atoms with Crippen molar-refractivity contribution in [2.45, 2.75) is 6.92 Å². The average molecular weight is 166 g/mol. The minimum atomic E-state index is -0.453. The normalized spacial score (nSPS) is 10.9. The van der Waals surface area contributed by atoms with Gasteiger partial charge in [0, 0.05) is 18.3 Å². The van der Waals surface area contributed by atoms with E-state index in [-0.39, 0.29) is 0 Å². The van der Waals surface area contributed by atoms with Crippen LogP contribution in [0, 0.1) is 12.9 Å². The van der Waals surface area contributed by atoms with Gasteiger partial charge in [-0.25, -0.2) is 4.98 Å². The van der Waals surface area contributed by atoms with Gasteiger partial charge in [0.25, 0.3) is 0 Å². The first-order chi connectivity index (χ1) is 5.74. The van der Waals surface area contributed by atoms with Gasteiger partial charge < -0.3 is 5.73 Å². The van der Waals surface area contributed by atoms with Gasteiger partial charge >= 0.3 is 0 Å². The van der Waals surface area contributed by atoms with Crippen LogP contribution in [0.5, 0.6) is 0 Å². The molecule has 0 aliphatic rings. The van der Waals surface area contributed by atoms with Gasteiger partial charge in [0.15, 0.2) is 0 Å². The van der Waals surface area contributed by atoms with E-state index in [9.17, 15) is 4.39 Å². The second-order valence-corrected chi connectivity index (χ2v) is 2.53. The lowest BCUT2D eigenvalue weighted by Crippen LogP contribution is -1.93. The van der Waals surface area contributed by atoms with E-state index < -0.39 is 5.95 Å². The summed E-state index contributed by atoms with van der Waals surface area (Å²) in [5.41, 5.74) is 6.66. The SMILES string of the molecule is Cc1cnc(F)c(C=CCN)c1. The maximum Gasteiger partial charge on any atom is 0.220 e. The Kier molecular flexibility index (Phi) is 2.94. The lowest BCUT2D eigenvalue weighted by Gasteiger charge is -1.96. The molecule has 1 rings (SSSR count). The predicted octanol–water partition coefficient (Wildman–Crippen LogP) is 1.50. The van der Waals surface area contributed by atoms with Gasteiger partial charge in [-0.1, -0.05) is 12.2 Å². The maximum absolute atomic E-state index is 12.9. The quantitative estimate of drug-likeness (QED) is 0.676. The first-order valence-corrected chi connectivity index (χ1v) is 3.73. The summed E-state index contributed by atoms with van der Waals surface area (Å²) in [4.78, 5) is 3.57. The molecule has 2 N–H and O–H groups in total. The Balaban J connectivity index is 2.97. The topological polar surface area (TPSA) is 38.9 Å². The van der Waals surface area contributed by atoms with Crippen LogP contribution in [-0.4, -0.2) is 11.5 Å². The number of rotatable bonds is 2. The molecular formula is C9H11FN2. The van der Waals surface area contributed by atoms with Crippen molar-refractivity contribution in [3.05, 3.63) is 35.4 Å². The molecule has 0 radical (unpaired) electrons. The fourth-order valence-electron chi connectivity index (χ4n) is 0.887. The van der Waals surface area contributed by atoms with Gasteiger partial charge in [0.2, 0.25) is 5.95 Å². The molecule has 0 saturated carbocycles. The number of nitrogens with two attached hydrogens (primary N) is 1. The second kappa shape index (κ2) is 3.97. The molecule has 0 spiro atoms. The van der Waals surface area contributed by atoms with E-state index in [4.69, 9.17) is 5.73 Å². The van der Waals surface area contributed by atoms with Gasteiger partial charge in [-0.15, -0.1) is 0 Å². The Labute approximate surface area is 70.9 Å². The van der Waals surface area contributed by atoms with E-state index in [0.29, 0.717) is 12.1 Å². The summed E-state index contributed by atoms with van der Waals surface area (Å²) in [5.74, 6) is -0.453. The van der Waals surface area contributed by atoms with Crippen LogP contribution in [0.2, 0.25) is 0 Å². The summed E-state index contributed by atoms with van der Waals surface area (Å²) in [6, 6.07) is 1.73. The molecule has 0 amide bonds. The molecule has 1 aromatic rings. The number of aryl methyl sites for hydroxylation is 1.